The zero-order valence-electron chi connectivity index (χ0n) is 12.7. The molecule has 0 amide bonds. The Kier molecular flexibility index (Phi) is 5.94. The van der Waals surface area contributed by atoms with Crippen LogP contribution in [0.3, 0.4) is 0 Å². The summed E-state index contributed by atoms with van der Waals surface area (Å²) in [5, 5.41) is 8.98. The standard InChI is InChI=1S/C16H20O6/c1-11-4-5-12(16-20-8-3-9-21-16)10-14(11)22-13(6-7-17)15(18)19-2/h4-6,10,16-17H,3,7-9H2,1-2H3/b13-6-. The number of carbonyl (C=O) groups is 1. The van der Waals surface area contributed by atoms with Gasteiger partial charge in [-0.05, 0) is 31.1 Å². The molecule has 6 heteroatoms. The molecule has 0 aliphatic carbocycles. The highest BCUT2D eigenvalue weighted by molar-refractivity contribution is 5.86. The average molecular weight is 308 g/mol. The van der Waals surface area contributed by atoms with Gasteiger partial charge in [0, 0.05) is 5.56 Å². The number of hydrogen-bond donors (Lipinski definition) is 1. The minimum atomic E-state index is -0.649. The Morgan fingerprint density at radius 1 is 1.41 bits per heavy atom. The van der Waals surface area contributed by atoms with Gasteiger partial charge in [0.15, 0.2) is 6.29 Å². The fraction of sp³-hybridized carbons (Fsp3) is 0.438. The SMILES string of the molecule is COC(=O)/C(=C/CO)Oc1cc(C2OCCCO2)ccc1C. The van der Waals surface area contributed by atoms with Crippen LogP contribution in [0.4, 0.5) is 0 Å². The van der Waals surface area contributed by atoms with E-state index in [0.717, 1.165) is 17.5 Å². The molecule has 0 aromatic heterocycles. The lowest BCUT2D eigenvalue weighted by molar-refractivity contribution is -0.183. The predicted molar refractivity (Wildman–Crippen MR) is 78.3 cm³/mol. The predicted octanol–water partition coefficient (Wildman–Crippen LogP) is 1.86. The van der Waals surface area contributed by atoms with E-state index in [2.05, 4.69) is 4.74 Å². The fourth-order valence-corrected chi connectivity index (χ4v) is 2.02. The number of aryl methyl sites for hydroxylation is 1. The third kappa shape index (κ3) is 4.07. The largest absolute Gasteiger partial charge is 0.463 e. The number of methoxy groups -OCH3 is 1. The van der Waals surface area contributed by atoms with E-state index in [0.29, 0.717) is 19.0 Å². The van der Waals surface area contributed by atoms with Gasteiger partial charge in [0.25, 0.3) is 0 Å². The first kappa shape index (κ1) is 16.5. The van der Waals surface area contributed by atoms with Gasteiger partial charge in [-0.15, -0.1) is 0 Å². The number of ether oxygens (including phenoxy) is 4. The van der Waals surface area contributed by atoms with Crippen LogP contribution in [0.2, 0.25) is 0 Å². The zero-order chi connectivity index (χ0) is 15.9. The number of benzene rings is 1. The first-order chi connectivity index (χ1) is 10.7. The summed E-state index contributed by atoms with van der Waals surface area (Å²) in [5.41, 5.74) is 1.65. The van der Waals surface area contributed by atoms with Gasteiger partial charge in [0.2, 0.25) is 5.76 Å². The van der Waals surface area contributed by atoms with Crippen molar-refractivity contribution in [3.05, 3.63) is 41.2 Å². The highest BCUT2D eigenvalue weighted by Gasteiger charge is 2.19. The van der Waals surface area contributed by atoms with Crippen molar-refractivity contribution in [2.75, 3.05) is 26.9 Å². The van der Waals surface area contributed by atoms with Crippen molar-refractivity contribution in [2.45, 2.75) is 19.6 Å². The van der Waals surface area contributed by atoms with Gasteiger partial charge in [-0.3, -0.25) is 0 Å². The lowest BCUT2D eigenvalue weighted by Crippen LogP contribution is -2.18. The molecular formula is C16H20O6. The lowest BCUT2D eigenvalue weighted by Gasteiger charge is -2.24. The van der Waals surface area contributed by atoms with E-state index < -0.39 is 12.3 Å². The van der Waals surface area contributed by atoms with E-state index in [4.69, 9.17) is 19.3 Å². The molecule has 0 atom stereocenters. The molecule has 0 unspecified atom stereocenters. The molecule has 1 aliphatic rings. The highest BCUT2D eigenvalue weighted by atomic mass is 16.7. The number of carbonyl (C=O) groups excluding carboxylic acids is 1. The van der Waals surface area contributed by atoms with E-state index in [9.17, 15) is 4.79 Å². The maximum atomic E-state index is 11.6. The third-order valence-electron chi connectivity index (χ3n) is 3.19. The van der Waals surface area contributed by atoms with Gasteiger partial charge < -0.3 is 24.1 Å². The van der Waals surface area contributed by atoms with Gasteiger partial charge >= 0.3 is 5.97 Å². The smallest absolute Gasteiger partial charge is 0.373 e. The summed E-state index contributed by atoms with van der Waals surface area (Å²) >= 11 is 0. The molecule has 0 bridgehead atoms. The summed E-state index contributed by atoms with van der Waals surface area (Å²) in [5.74, 6) is -0.222. The maximum absolute atomic E-state index is 11.6. The minimum Gasteiger partial charge on any atom is -0.463 e. The summed E-state index contributed by atoms with van der Waals surface area (Å²) in [7, 11) is 1.25. The molecule has 0 radical (unpaired) electrons. The Hall–Kier alpha value is -1.89. The molecule has 1 N–H and O–H groups in total. The van der Waals surface area contributed by atoms with Crippen molar-refractivity contribution in [2.24, 2.45) is 0 Å². The van der Waals surface area contributed by atoms with E-state index in [-0.39, 0.29) is 12.4 Å². The maximum Gasteiger partial charge on any atom is 0.373 e. The van der Waals surface area contributed by atoms with Crippen LogP contribution in [-0.4, -0.2) is 38.0 Å². The molecule has 6 nitrogen and oxygen atoms in total. The topological polar surface area (TPSA) is 74.2 Å². The zero-order valence-corrected chi connectivity index (χ0v) is 12.7. The molecular weight excluding hydrogens is 288 g/mol. The molecule has 1 aromatic rings. The minimum absolute atomic E-state index is 0.0595. The molecule has 1 saturated heterocycles. The first-order valence-electron chi connectivity index (χ1n) is 7.06. The Balaban J connectivity index is 2.22. The molecule has 2 rings (SSSR count). The summed E-state index contributed by atoms with van der Waals surface area (Å²) < 4.78 is 21.3. The van der Waals surface area contributed by atoms with Crippen molar-refractivity contribution < 1.29 is 28.8 Å². The molecule has 120 valence electrons. The normalized spacial score (nSPS) is 16.4. The third-order valence-corrected chi connectivity index (χ3v) is 3.19. The van der Waals surface area contributed by atoms with Crippen LogP contribution in [0, 0.1) is 6.92 Å². The number of aliphatic hydroxyl groups is 1. The summed E-state index contributed by atoms with van der Waals surface area (Å²) in [4.78, 5) is 11.6. The van der Waals surface area contributed by atoms with Crippen molar-refractivity contribution in [3.63, 3.8) is 0 Å². The van der Waals surface area contributed by atoms with Crippen molar-refractivity contribution in [3.8, 4) is 5.75 Å². The second-order valence-corrected chi connectivity index (χ2v) is 4.80. The molecule has 0 spiro atoms. The van der Waals surface area contributed by atoms with Crippen molar-refractivity contribution >= 4 is 5.97 Å². The number of hydrogen-bond acceptors (Lipinski definition) is 6. The van der Waals surface area contributed by atoms with Gasteiger partial charge in [0.1, 0.15) is 5.75 Å². The highest BCUT2D eigenvalue weighted by Crippen LogP contribution is 2.29. The van der Waals surface area contributed by atoms with Crippen LogP contribution in [0.15, 0.2) is 30.0 Å². The van der Waals surface area contributed by atoms with Crippen LogP contribution in [0.25, 0.3) is 0 Å². The molecule has 0 saturated carbocycles. The monoisotopic (exact) mass is 308 g/mol. The molecule has 1 heterocycles. The van der Waals surface area contributed by atoms with E-state index in [1.54, 1.807) is 6.07 Å². The second kappa shape index (κ2) is 7.93. The van der Waals surface area contributed by atoms with Crippen LogP contribution < -0.4 is 4.74 Å². The van der Waals surface area contributed by atoms with Crippen molar-refractivity contribution in [1.29, 1.82) is 0 Å². The number of aliphatic hydroxyl groups excluding tert-OH is 1. The summed E-state index contributed by atoms with van der Waals surface area (Å²) in [6, 6.07) is 5.52. The lowest BCUT2D eigenvalue weighted by atomic mass is 10.1. The molecule has 1 aliphatic heterocycles. The first-order valence-corrected chi connectivity index (χ1v) is 7.06. The van der Waals surface area contributed by atoms with Gasteiger partial charge in [-0.25, -0.2) is 4.79 Å². The summed E-state index contributed by atoms with van der Waals surface area (Å²) in [6.45, 7) is 2.83. The average Bonchev–Trinajstić information content (AvgIpc) is 2.56. The van der Waals surface area contributed by atoms with Gasteiger partial charge in [0.05, 0.1) is 26.9 Å². The van der Waals surface area contributed by atoms with Crippen LogP contribution in [-0.2, 0) is 19.0 Å². The van der Waals surface area contributed by atoms with E-state index in [1.165, 1.54) is 13.2 Å². The summed E-state index contributed by atoms with van der Waals surface area (Å²) in [6.07, 6.45) is 1.70. The second-order valence-electron chi connectivity index (χ2n) is 4.80. The van der Waals surface area contributed by atoms with Crippen LogP contribution >= 0.6 is 0 Å². The van der Waals surface area contributed by atoms with Gasteiger partial charge in [-0.1, -0.05) is 12.1 Å². The van der Waals surface area contributed by atoms with E-state index in [1.807, 2.05) is 19.1 Å². The van der Waals surface area contributed by atoms with Crippen LogP contribution in [0.5, 0.6) is 5.75 Å². The Morgan fingerprint density at radius 2 is 2.14 bits per heavy atom. The fourth-order valence-electron chi connectivity index (χ4n) is 2.02. The number of rotatable bonds is 5. The van der Waals surface area contributed by atoms with Crippen LogP contribution in [0.1, 0.15) is 23.8 Å². The Bertz CT molecular complexity index is 546. The van der Waals surface area contributed by atoms with E-state index >= 15 is 0 Å². The molecule has 1 aromatic carbocycles. The van der Waals surface area contributed by atoms with Crippen molar-refractivity contribution in [1.82, 2.24) is 0 Å². The molecule has 22 heavy (non-hydrogen) atoms. The number of esters is 1. The Labute approximate surface area is 129 Å². The van der Waals surface area contributed by atoms with Gasteiger partial charge in [-0.2, -0.15) is 0 Å². The molecule has 1 fully saturated rings. The quantitative estimate of drug-likeness (QED) is 0.508. The Morgan fingerprint density at radius 3 is 2.77 bits per heavy atom.